The average Bonchev–Trinajstić information content (AvgIpc) is 2.94. The summed E-state index contributed by atoms with van der Waals surface area (Å²) in [6.07, 6.45) is 4.67. The molecule has 0 amide bonds. The second kappa shape index (κ2) is 4.49. The number of fused-ring (bicyclic) bond motifs is 2. The minimum Gasteiger partial charge on any atom is -0.368 e. The SMILES string of the molecule is c1ccc2c(N3CCN4CCCC4C3)ccnc2c1. The lowest BCUT2D eigenvalue weighted by Crippen LogP contribution is -2.50. The first kappa shape index (κ1) is 11.2. The number of para-hydroxylation sites is 1. The van der Waals surface area contributed by atoms with E-state index in [-0.39, 0.29) is 0 Å². The molecule has 1 aromatic carbocycles. The number of rotatable bonds is 1. The number of anilines is 1. The van der Waals surface area contributed by atoms with Gasteiger partial charge >= 0.3 is 0 Å². The lowest BCUT2D eigenvalue weighted by molar-refractivity contribution is 0.231. The zero-order chi connectivity index (χ0) is 12.7. The van der Waals surface area contributed by atoms with Crippen molar-refractivity contribution in [2.24, 2.45) is 0 Å². The van der Waals surface area contributed by atoms with Crippen molar-refractivity contribution in [2.75, 3.05) is 31.1 Å². The zero-order valence-corrected chi connectivity index (χ0v) is 11.1. The first-order chi connectivity index (χ1) is 9.42. The van der Waals surface area contributed by atoms with Crippen LogP contribution < -0.4 is 4.90 Å². The molecule has 0 bridgehead atoms. The van der Waals surface area contributed by atoms with Crippen molar-refractivity contribution < 1.29 is 0 Å². The lowest BCUT2D eigenvalue weighted by Gasteiger charge is -2.39. The molecular formula is C16H19N3. The highest BCUT2D eigenvalue weighted by molar-refractivity contribution is 5.91. The van der Waals surface area contributed by atoms with Gasteiger partial charge in [0, 0.05) is 42.9 Å². The molecule has 0 N–H and O–H groups in total. The molecule has 3 heteroatoms. The summed E-state index contributed by atoms with van der Waals surface area (Å²) in [4.78, 5) is 9.67. The smallest absolute Gasteiger partial charge is 0.0722 e. The summed E-state index contributed by atoms with van der Waals surface area (Å²) in [7, 11) is 0. The van der Waals surface area contributed by atoms with Crippen molar-refractivity contribution in [2.45, 2.75) is 18.9 Å². The van der Waals surface area contributed by atoms with E-state index in [1.807, 2.05) is 6.20 Å². The lowest BCUT2D eigenvalue weighted by atomic mass is 10.1. The monoisotopic (exact) mass is 253 g/mol. The second-order valence-electron chi connectivity index (χ2n) is 5.63. The zero-order valence-electron chi connectivity index (χ0n) is 11.1. The van der Waals surface area contributed by atoms with Gasteiger partial charge in [-0.2, -0.15) is 0 Å². The van der Waals surface area contributed by atoms with Gasteiger partial charge in [0.1, 0.15) is 0 Å². The summed E-state index contributed by atoms with van der Waals surface area (Å²) < 4.78 is 0. The molecule has 1 atom stereocenters. The van der Waals surface area contributed by atoms with Crippen LogP contribution in [0.4, 0.5) is 5.69 Å². The van der Waals surface area contributed by atoms with Crippen molar-refractivity contribution >= 4 is 16.6 Å². The molecule has 3 heterocycles. The third-order valence-corrected chi connectivity index (χ3v) is 4.55. The number of aromatic nitrogens is 1. The Labute approximate surface area is 113 Å². The van der Waals surface area contributed by atoms with E-state index in [1.165, 1.54) is 43.5 Å². The molecule has 2 aliphatic rings. The second-order valence-corrected chi connectivity index (χ2v) is 5.63. The number of nitrogens with zero attached hydrogens (tertiary/aromatic N) is 3. The summed E-state index contributed by atoms with van der Waals surface area (Å²) in [6, 6.07) is 11.4. The Balaban J connectivity index is 1.70. The predicted molar refractivity (Wildman–Crippen MR) is 78.6 cm³/mol. The highest BCUT2D eigenvalue weighted by atomic mass is 15.3. The van der Waals surface area contributed by atoms with Crippen molar-refractivity contribution in [3.05, 3.63) is 36.5 Å². The molecule has 0 spiro atoms. The van der Waals surface area contributed by atoms with Crippen LogP contribution in [-0.2, 0) is 0 Å². The summed E-state index contributed by atoms with van der Waals surface area (Å²) in [5, 5.41) is 1.29. The quantitative estimate of drug-likeness (QED) is 0.778. The van der Waals surface area contributed by atoms with Crippen LogP contribution in [0.5, 0.6) is 0 Å². The molecule has 2 saturated heterocycles. The van der Waals surface area contributed by atoms with Crippen LogP contribution >= 0.6 is 0 Å². The van der Waals surface area contributed by atoms with Gasteiger partial charge in [0.15, 0.2) is 0 Å². The van der Waals surface area contributed by atoms with Crippen LogP contribution in [0.3, 0.4) is 0 Å². The fourth-order valence-corrected chi connectivity index (χ4v) is 3.57. The Morgan fingerprint density at radius 1 is 1.05 bits per heavy atom. The number of hydrogen-bond donors (Lipinski definition) is 0. The summed E-state index contributed by atoms with van der Waals surface area (Å²) in [6.45, 7) is 4.83. The molecular weight excluding hydrogens is 234 g/mol. The van der Waals surface area contributed by atoms with Gasteiger partial charge in [-0.25, -0.2) is 0 Å². The highest BCUT2D eigenvalue weighted by Crippen LogP contribution is 2.29. The van der Waals surface area contributed by atoms with Crippen LogP contribution in [0.2, 0.25) is 0 Å². The van der Waals surface area contributed by atoms with E-state index >= 15 is 0 Å². The maximum atomic E-state index is 4.47. The fraction of sp³-hybridized carbons (Fsp3) is 0.438. The maximum Gasteiger partial charge on any atom is 0.0722 e. The molecule has 1 aromatic heterocycles. The molecule has 2 aromatic rings. The van der Waals surface area contributed by atoms with E-state index in [0.717, 1.165) is 18.1 Å². The third kappa shape index (κ3) is 1.89. The standard InChI is InChI=1S/C16H19N3/c1-2-6-15-14(5-1)16(7-8-17-15)19-11-10-18-9-3-4-13(18)12-19/h1-2,5-8,13H,3-4,9-12H2. The Bertz CT molecular complexity index is 590. The van der Waals surface area contributed by atoms with Gasteiger partial charge in [0.05, 0.1) is 5.52 Å². The van der Waals surface area contributed by atoms with Crippen molar-refractivity contribution in [1.82, 2.24) is 9.88 Å². The molecule has 0 radical (unpaired) electrons. The predicted octanol–water partition coefficient (Wildman–Crippen LogP) is 2.52. The van der Waals surface area contributed by atoms with Gasteiger partial charge in [0.25, 0.3) is 0 Å². The van der Waals surface area contributed by atoms with Gasteiger partial charge in [-0.3, -0.25) is 9.88 Å². The Morgan fingerprint density at radius 3 is 3.00 bits per heavy atom. The molecule has 2 aliphatic heterocycles. The molecule has 2 fully saturated rings. The van der Waals surface area contributed by atoms with Gasteiger partial charge < -0.3 is 4.90 Å². The Morgan fingerprint density at radius 2 is 2.00 bits per heavy atom. The van der Waals surface area contributed by atoms with Gasteiger partial charge in [0.2, 0.25) is 0 Å². The number of pyridine rings is 1. The molecule has 3 nitrogen and oxygen atoms in total. The van der Waals surface area contributed by atoms with Crippen LogP contribution in [0, 0.1) is 0 Å². The molecule has 4 rings (SSSR count). The largest absolute Gasteiger partial charge is 0.368 e. The van der Waals surface area contributed by atoms with Crippen LogP contribution in [0.15, 0.2) is 36.5 Å². The summed E-state index contributed by atoms with van der Waals surface area (Å²) in [5.41, 5.74) is 2.46. The average molecular weight is 253 g/mol. The highest BCUT2D eigenvalue weighted by Gasteiger charge is 2.30. The van der Waals surface area contributed by atoms with E-state index in [0.29, 0.717) is 0 Å². The Hall–Kier alpha value is -1.61. The van der Waals surface area contributed by atoms with Crippen molar-refractivity contribution in [3.63, 3.8) is 0 Å². The normalized spacial score (nSPS) is 23.8. The summed E-state index contributed by atoms with van der Waals surface area (Å²) in [5.74, 6) is 0. The number of benzene rings is 1. The van der Waals surface area contributed by atoms with E-state index in [2.05, 4.69) is 45.1 Å². The maximum absolute atomic E-state index is 4.47. The molecule has 1 unspecified atom stereocenters. The minimum absolute atomic E-state index is 0.765. The molecule has 0 saturated carbocycles. The van der Waals surface area contributed by atoms with E-state index in [4.69, 9.17) is 0 Å². The van der Waals surface area contributed by atoms with Gasteiger partial charge in [-0.05, 0) is 31.5 Å². The van der Waals surface area contributed by atoms with Crippen LogP contribution in [0.1, 0.15) is 12.8 Å². The fourth-order valence-electron chi connectivity index (χ4n) is 3.57. The molecule has 0 aliphatic carbocycles. The van der Waals surface area contributed by atoms with Crippen LogP contribution in [-0.4, -0.2) is 42.1 Å². The summed E-state index contributed by atoms with van der Waals surface area (Å²) >= 11 is 0. The first-order valence-corrected chi connectivity index (χ1v) is 7.24. The van der Waals surface area contributed by atoms with Gasteiger partial charge in [-0.15, -0.1) is 0 Å². The third-order valence-electron chi connectivity index (χ3n) is 4.55. The van der Waals surface area contributed by atoms with Crippen LogP contribution in [0.25, 0.3) is 10.9 Å². The minimum atomic E-state index is 0.765. The van der Waals surface area contributed by atoms with E-state index in [9.17, 15) is 0 Å². The number of piperazine rings is 1. The Kier molecular flexibility index (Phi) is 2.66. The van der Waals surface area contributed by atoms with E-state index < -0.39 is 0 Å². The van der Waals surface area contributed by atoms with Gasteiger partial charge in [-0.1, -0.05) is 18.2 Å². The molecule has 98 valence electrons. The number of hydrogen-bond acceptors (Lipinski definition) is 3. The topological polar surface area (TPSA) is 19.4 Å². The van der Waals surface area contributed by atoms with E-state index in [1.54, 1.807) is 0 Å². The van der Waals surface area contributed by atoms with Crippen molar-refractivity contribution in [3.8, 4) is 0 Å². The first-order valence-electron chi connectivity index (χ1n) is 7.24. The molecule has 19 heavy (non-hydrogen) atoms. The van der Waals surface area contributed by atoms with Crippen molar-refractivity contribution in [1.29, 1.82) is 0 Å².